The van der Waals surface area contributed by atoms with Crippen LogP contribution in [0.4, 0.5) is 0 Å². The molecule has 0 bridgehead atoms. The molecule has 19 heavy (non-hydrogen) atoms. The van der Waals surface area contributed by atoms with E-state index >= 15 is 0 Å². The van der Waals surface area contributed by atoms with Crippen molar-refractivity contribution in [3.8, 4) is 9.88 Å². The van der Waals surface area contributed by atoms with Crippen molar-refractivity contribution in [3.63, 3.8) is 0 Å². The van der Waals surface area contributed by atoms with Crippen molar-refractivity contribution < 1.29 is 4.79 Å². The molecule has 0 spiro atoms. The Labute approximate surface area is 120 Å². The standard InChI is InChI=1S/C13H15N3OS2/c1-16-8-9(5-12(16)17)14-6-10-7-15-13(19-10)11-3-2-4-18-11/h2-4,7,9,14H,5-6,8H2,1H3/t9-/m0/s1. The Morgan fingerprint density at radius 3 is 3.16 bits per heavy atom. The smallest absolute Gasteiger partial charge is 0.224 e. The maximum Gasteiger partial charge on any atom is 0.224 e. The fourth-order valence-corrected chi connectivity index (χ4v) is 3.82. The van der Waals surface area contributed by atoms with E-state index in [-0.39, 0.29) is 11.9 Å². The third kappa shape index (κ3) is 2.86. The second-order valence-electron chi connectivity index (χ2n) is 4.67. The summed E-state index contributed by atoms with van der Waals surface area (Å²) < 4.78 is 0. The summed E-state index contributed by atoms with van der Waals surface area (Å²) in [7, 11) is 1.85. The third-order valence-corrected chi connectivity index (χ3v) is 5.23. The number of likely N-dealkylation sites (N-methyl/N-ethyl adjacent to an activating group) is 1. The van der Waals surface area contributed by atoms with Crippen LogP contribution in [0.5, 0.6) is 0 Å². The zero-order valence-corrected chi connectivity index (χ0v) is 12.3. The van der Waals surface area contributed by atoms with E-state index < -0.39 is 0 Å². The van der Waals surface area contributed by atoms with E-state index in [2.05, 4.69) is 21.7 Å². The summed E-state index contributed by atoms with van der Waals surface area (Å²) in [5.74, 6) is 0.223. The number of amides is 1. The molecule has 2 aromatic rings. The fourth-order valence-electron chi connectivity index (χ4n) is 2.15. The maximum absolute atomic E-state index is 11.4. The first-order chi connectivity index (χ1) is 9.22. The average Bonchev–Trinajstić information content (AvgIpc) is 3.09. The number of nitrogens with zero attached hydrogens (tertiary/aromatic N) is 2. The number of likely N-dealkylation sites (tertiary alicyclic amines) is 1. The molecular formula is C13H15N3OS2. The number of carbonyl (C=O) groups is 1. The summed E-state index contributed by atoms with van der Waals surface area (Å²) in [6.07, 6.45) is 2.53. The molecule has 1 saturated heterocycles. The Morgan fingerprint density at radius 1 is 1.58 bits per heavy atom. The van der Waals surface area contributed by atoms with Crippen LogP contribution in [0.25, 0.3) is 9.88 Å². The van der Waals surface area contributed by atoms with Gasteiger partial charge in [0.2, 0.25) is 5.91 Å². The second-order valence-corrected chi connectivity index (χ2v) is 6.73. The summed E-state index contributed by atoms with van der Waals surface area (Å²) in [5.41, 5.74) is 0. The molecule has 0 aliphatic carbocycles. The van der Waals surface area contributed by atoms with Crippen LogP contribution in [0.3, 0.4) is 0 Å². The molecule has 0 saturated carbocycles. The lowest BCUT2D eigenvalue weighted by Gasteiger charge is -2.10. The van der Waals surface area contributed by atoms with E-state index in [1.165, 1.54) is 9.75 Å². The molecule has 0 radical (unpaired) electrons. The highest BCUT2D eigenvalue weighted by Crippen LogP contribution is 2.28. The van der Waals surface area contributed by atoms with Crippen LogP contribution in [0.1, 0.15) is 11.3 Å². The van der Waals surface area contributed by atoms with Crippen LogP contribution in [-0.4, -0.2) is 35.4 Å². The van der Waals surface area contributed by atoms with Gasteiger partial charge >= 0.3 is 0 Å². The molecule has 1 atom stereocenters. The zero-order chi connectivity index (χ0) is 13.2. The van der Waals surface area contributed by atoms with Crippen LogP contribution in [0.15, 0.2) is 23.7 Å². The average molecular weight is 293 g/mol. The Kier molecular flexibility index (Phi) is 3.63. The van der Waals surface area contributed by atoms with E-state index in [0.29, 0.717) is 6.42 Å². The molecule has 1 amide bonds. The first kappa shape index (κ1) is 12.8. The predicted octanol–water partition coefficient (Wildman–Crippen LogP) is 2.19. The van der Waals surface area contributed by atoms with Crippen molar-refractivity contribution in [2.75, 3.05) is 13.6 Å². The monoisotopic (exact) mass is 293 g/mol. The number of carbonyl (C=O) groups excluding carboxylic acids is 1. The van der Waals surface area contributed by atoms with Gasteiger partial charge in [-0.25, -0.2) is 4.98 Å². The second kappa shape index (κ2) is 5.40. The highest BCUT2D eigenvalue weighted by atomic mass is 32.1. The number of rotatable bonds is 4. The van der Waals surface area contributed by atoms with Crippen molar-refractivity contribution in [1.82, 2.24) is 15.2 Å². The molecule has 2 aromatic heterocycles. The van der Waals surface area contributed by atoms with Crippen LogP contribution in [0, 0.1) is 0 Å². The minimum Gasteiger partial charge on any atom is -0.344 e. The predicted molar refractivity (Wildman–Crippen MR) is 78.3 cm³/mol. The van der Waals surface area contributed by atoms with Gasteiger partial charge in [0, 0.05) is 43.7 Å². The molecule has 0 aromatic carbocycles. The van der Waals surface area contributed by atoms with E-state index in [4.69, 9.17) is 0 Å². The molecule has 1 aliphatic rings. The molecule has 1 N–H and O–H groups in total. The van der Waals surface area contributed by atoms with Crippen molar-refractivity contribution in [2.24, 2.45) is 0 Å². The molecule has 3 heterocycles. The number of aromatic nitrogens is 1. The minimum atomic E-state index is 0.223. The first-order valence-corrected chi connectivity index (χ1v) is 7.88. The highest BCUT2D eigenvalue weighted by molar-refractivity contribution is 7.20. The quantitative estimate of drug-likeness (QED) is 0.940. The van der Waals surface area contributed by atoms with Crippen LogP contribution < -0.4 is 5.32 Å². The number of hydrogen-bond donors (Lipinski definition) is 1. The van der Waals surface area contributed by atoms with Gasteiger partial charge in [0.25, 0.3) is 0 Å². The topological polar surface area (TPSA) is 45.2 Å². The molecule has 0 unspecified atom stereocenters. The summed E-state index contributed by atoms with van der Waals surface area (Å²) in [6, 6.07) is 4.40. The van der Waals surface area contributed by atoms with Gasteiger partial charge in [-0.05, 0) is 11.4 Å². The Bertz CT molecular complexity index is 564. The first-order valence-electron chi connectivity index (χ1n) is 6.18. The Hall–Kier alpha value is -1.24. The SMILES string of the molecule is CN1C[C@@H](NCc2cnc(-c3cccs3)s2)CC1=O. The minimum absolute atomic E-state index is 0.223. The van der Waals surface area contributed by atoms with Crippen molar-refractivity contribution in [1.29, 1.82) is 0 Å². The van der Waals surface area contributed by atoms with E-state index in [9.17, 15) is 4.79 Å². The number of hydrogen-bond acceptors (Lipinski definition) is 5. The molecule has 4 nitrogen and oxygen atoms in total. The maximum atomic E-state index is 11.4. The van der Waals surface area contributed by atoms with Gasteiger partial charge in [0.15, 0.2) is 0 Å². The summed E-state index contributed by atoms with van der Waals surface area (Å²) in [6.45, 7) is 1.59. The summed E-state index contributed by atoms with van der Waals surface area (Å²) in [4.78, 5) is 20.1. The lowest BCUT2D eigenvalue weighted by molar-refractivity contribution is -0.126. The molecule has 3 rings (SSSR count). The van der Waals surface area contributed by atoms with E-state index in [1.807, 2.05) is 19.3 Å². The van der Waals surface area contributed by atoms with E-state index in [0.717, 1.165) is 18.1 Å². The fraction of sp³-hybridized carbons (Fsp3) is 0.385. The molecule has 1 fully saturated rings. The van der Waals surface area contributed by atoms with Gasteiger partial charge in [0.1, 0.15) is 5.01 Å². The Morgan fingerprint density at radius 2 is 2.47 bits per heavy atom. The van der Waals surface area contributed by atoms with Gasteiger partial charge in [-0.1, -0.05) is 6.07 Å². The molecule has 1 aliphatic heterocycles. The number of thiazole rings is 1. The van der Waals surface area contributed by atoms with Crippen molar-refractivity contribution >= 4 is 28.6 Å². The van der Waals surface area contributed by atoms with Gasteiger partial charge in [0.05, 0.1) is 4.88 Å². The largest absolute Gasteiger partial charge is 0.344 e. The van der Waals surface area contributed by atoms with E-state index in [1.54, 1.807) is 27.6 Å². The summed E-state index contributed by atoms with van der Waals surface area (Å²) in [5, 5.41) is 6.57. The van der Waals surface area contributed by atoms with Crippen molar-refractivity contribution in [3.05, 3.63) is 28.6 Å². The molecule has 100 valence electrons. The van der Waals surface area contributed by atoms with Gasteiger partial charge < -0.3 is 10.2 Å². The third-order valence-electron chi connectivity index (χ3n) is 3.19. The van der Waals surface area contributed by atoms with Crippen LogP contribution in [-0.2, 0) is 11.3 Å². The van der Waals surface area contributed by atoms with Gasteiger partial charge in [-0.15, -0.1) is 22.7 Å². The molecular weight excluding hydrogens is 278 g/mol. The lowest BCUT2D eigenvalue weighted by atomic mass is 10.2. The number of thiophene rings is 1. The normalized spacial score (nSPS) is 19.3. The molecule has 6 heteroatoms. The number of nitrogens with one attached hydrogen (secondary N) is 1. The highest BCUT2D eigenvalue weighted by Gasteiger charge is 2.26. The van der Waals surface area contributed by atoms with Gasteiger partial charge in [-0.3, -0.25) is 4.79 Å². The van der Waals surface area contributed by atoms with Crippen LogP contribution in [0.2, 0.25) is 0 Å². The van der Waals surface area contributed by atoms with Crippen molar-refractivity contribution in [2.45, 2.75) is 19.0 Å². The Balaban J connectivity index is 1.58. The lowest BCUT2D eigenvalue weighted by Crippen LogP contribution is -2.30. The zero-order valence-electron chi connectivity index (χ0n) is 10.6. The van der Waals surface area contributed by atoms with Crippen LogP contribution >= 0.6 is 22.7 Å². The van der Waals surface area contributed by atoms with Gasteiger partial charge in [-0.2, -0.15) is 0 Å². The summed E-state index contributed by atoms with van der Waals surface area (Å²) >= 11 is 3.42.